The maximum Gasteiger partial charge on any atom is 0.213 e. The molecule has 3 aromatic rings. The Morgan fingerprint density at radius 2 is 1.88 bits per heavy atom. The van der Waals surface area contributed by atoms with Gasteiger partial charge in [0.05, 0.1) is 0 Å². The van der Waals surface area contributed by atoms with Crippen molar-refractivity contribution in [1.82, 2.24) is 15.5 Å². The molecule has 124 valence electrons. The number of benzene rings is 2. The van der Waals surface area contributed by atoms with Crippen molar-refractivity contribution in [2.24, 2.45) is 0 Å². The highest BCUT2D eigenvalue weighted by Crippen LogP contribution is 2.18. The molecule has 1 atom stereocenters. The van der Waals surface area contributed by atoms with E-state index in [1.165, 1.54) is 12.0 Å². The Kier molecular flexibility index (Phi) is 5.58. The lowest BCUT2D eigenvalue weighted by molar-refractivity contribution is 0.306. The average Bonchev–Trinajstić information content (AvgIpc) is 3.15. The van der Waals surface area contributed by atoms with E-state index in [0.29, 0.717) is 6.61 Å². The fourth-order valence-corrected chi connectivity index (χ4v) is 2.41. The van der Waals surface area contributed by atoms with Crippen LogP contribution in [0, 0.1) is 0 Å². The van der Waals surface area contributed by atoms with Gasteiger partial charge in [0.25, 0.3) is 0 Å². The Hall–Kier alpha value is -2.66. The Morgan fingerprint density at radius 3 is 2.58 bits per heavy atom. The minimum atomic E-state index is 0.250. The first-order chi connectivity index (χ1) is 11.8. The molecule has 0 bridgehead atoms. The van der Waals surface area contributed by atoms with E-state index in [1.54, 1.807) is 0 Å². The van der Waals surface area contributed by atoms with E-state index in [4.69, 9.17) is 9.26 Å². The molecular formula is C19H21N3O2. The summed E-state index contributed by atoms with van der Waals surface area (Å²) in [7, 11) is 0. The molecule has 0 aliphatic heterocycles. The lowest BCUT2D eigenvalue weighted by Gasteiger charge is -2.14. The molecule has 0 radical (unpaired) electrons. The van der Waals surface area contributed by atoms with Gasteiger partial charge in [-0.05, 0) is 30.2 Å². The molecule has 5 heteroatoms. The monoisotopic (exact) mass is 323 g/mol. The largest absolute Gasteiger partial charge is 0.489 e. The Bertz CT molecular complexity index is 712. The summed E-state index contributed by atoms with van der Waals surface area (Å²) in [6.45, 7) is 3.52. The molecule has 1 heterocycles. The van der Waals surface area contributed by atoms with E-state index in [9.17, 15) is 0 Å². The topological polar surface area (TPSA) is 60.2 Å². The van der Waals surface area contributed by atoms with E-state index in [-0.39, 0.29) is 6.04 Å². The average molecular weight is 323 g/mol. The maximum absolute atomic E-state index is 5.81. The minimum Gasteiger partial charge on any atom is -0.489 e. The Labute approximate surface area is 141 Å². The van der Waals surface area contributed by atoms with Crippen LogP contribution in [-0.2, 0) is 13.0 Å². The minimum absolute atomic E-state index is 0.250. The van der Waals surface area contributed by atoms with Crippen molar-refractivity contribution < 1.29 is 9.26 Å². The van der Waals surface area contributed by atoms with Gasteiger partial charge in [0.1, 0.15) is 12.4 Å². The van der Waals surface area contributed by atoms with Crippen molar-refractivity contribution in [2.75, 3.05) is 6.54 Å². The fraction of sp³-hybridized carbons (Fsp3) is 0.263. The summed E-state index contributed by atoms with van der Waals surface area (Å²) in [4.78, 5) is 4.01. The highest BCUT2D eigenvalue weighted by Gasteiger charge is 2.06. The molecule has 0 amide bonds. The molecule has 1 N–H and O–H groups in total. The summed E-state index contributed by atoms with van der Waals surface area (Å²) in [5, 5.41) is 7.25. The van der Waals surface area contributed by atoms with Crippen molar-refractivity contribution in [1.29, 1.82) is 0 Å². The molecule has 0 spiro atoms. The lowest BCUT2D eigenvalue weighted by Crippen LogP contribution is -2.21. The second-order valence-corrected chi connectivity index (χ2v) is 5.62. The number of rotatable bonds is 8. The third-order valence-corrected chi connectivity index (χ3v) is 3.83. The zero-order valence-corrected chi connectivity index (χ0v) is 13.7. The molecule has 0 saturated carbocycles. The van der Waals surface area contributed by atoms with Gasteiger partial charge in [0.2, 0.25) is 6.39 Å². The van der Waals surface area contributed by atoms with Crippen LogP contribution in [0.2, 0.25) is 0 Å². The van der Waals surface area contributed by atoms with Crippen LogP contribution in [0.25, 0.3) is 0 Å². The SMILES string of the molecule is CC(NCCc1ncon1)c1ccc(OCc2ccccc2)cc1. The first-order valence-corrected chi connectivity index (χ1v) is 8.06. The summed E-state index contributed by atoms with van der Waals surface area (Å²) in [6, 6.07) is 18.6. The first-order valence-electron chi connectivity index (χ1n) is 8.06. The number of aromatic nitrogens is 2. The van der Waals surface area contributed by atoms with Crippen LogP contribution in [0.4, 0.5) is 0 Å². The molecule has 3 rings (SSSR count). The predicted octanol–water partition coefficient (Wildman–Crippen LogP) is 3.54. The summed E-state index contributed by atoms with van der Waals surface area (Å²) in [5.74, 6) is 1.60. The van der Waals surface area contributed by atoms with Crippen LogP contribution in [0.3, 0.4) is 0 Å². The van der Waals surface area contributed by atoms with Gasteiger partial charge >= 0.3 is 0 Å². The molecule has 5 nitrogen and oxygen atoms in total. The number of hydrogen-bond donors (Lipinski definition) is 1. The third kappa shape index (κ3) is 4.67. The molecule has 1 aromatic heterocycles. The Balaban J connectivity index is 1.46. The number of hydrogen-bond acceptors (Lipinski definition) is 5. The maximum atomic E-state index is 5.81. The standard InChI is InChI=1S/C19H21N3O2/c1-15(20-12-11-19-21-14-24-22-19)17-7-9-18(10-8-17)23-13-16-5-3-2-4-6-16/h2-10,14-15,20H,11-13H2,1H3. The second kappa shape index (κ2) is 8.26. The van der Waals surface area contributed by atoms with Gasteiger partial charge in [0.15, 0.2) is 5.82 Å². The van der Waals surface area contributed by atoms with Crippen molar-refractivity contribution in [2.45, 2.75) is 26.0 Å². The summed E-state index contributed by atoms with van der Waals surface area (Å²) in [5.41, 5.74) is 2.38. The molecule has 0 aliphatic rings. The highest BCUT2D eigenvalue weighted by molar-refractivity contribution is 5.29. The summed E-state index contributed by atoms with van der Waals surface area (Å²) in [6.07, 6.45) is 2.10. The van der Waals surface area contributed by atoms with Gasteiger partial charge in [-0.25, -0.2) is 0 Å². The van der Waals surface area contributed by atoms with Crippen LogP contribution >= 0.6 is 0 Å². The zero-order valence-electron chi connectivity index (χ0n) is 13.7. The van der Waals surface area contributed by atoms with Gasteiger partial charge < -0.3 is 14.6 Å². The number of nitrogens with one attached hydrogen (secondary N) is 1. The quantitative estimate of drug-likeness (QED) is 0.687. The van der Waals surface area contributed by atoms with E-state index in [0.717, 1.165) is 30.1 Å². The Morgan fingerprint density at radius 1 is 1.08 bits per heavy atom. The van der Waals surface area contributed by atoms with E-state index < -0.39 is 0 Å². The van der Waals surface area contributed by atoms with E-state index >= 15 is 0 Å². The molecule has 0 fully saturated rings. The smallest absolute Gasteiger partial charge is 0.213 e. The summed E-state index contributed by atoms with van der Waals surface area (Å²) >= 11 is 0. The van der Waals surface area contributed by atoms with E-state index in [1.807, 2.05) is 30.3 Å². The van der Waals surface area contributed by atoms with Gasteiger partial charge in [-0.15, -0.1) is 0 Å². The molecule has 24 heavy (non-hydrogen) atoms. The van der Waals surface area contributed by atoms with Crippen molar-refractivity contribution >= 4 is 0 Å². The van der Waals surface area contributed by atoms with Crippen LogP contribution in [0.5, 0.6) is 5.75 Å². The first kappa shape index (κ1) is 16.2. The highest BCUT2D eigenvalue weighted by atomic mass is 16.5. The van der Waals surface area contributed by atoms with E-state index in [2.05, 4.69) is 46.6 Å². The zero-order chi connectivity index (χ0) is 16.6. The lowest BCUT2D eigenvalue weighted by atomic mass is 10.1. The fourth-order valence-electron chi connectivity index (χ4n) is 2.41. The third-order valence-electron chi connectivity index (χ3n) is 3.83. The van der Waals surface area contributed by atoms with Crippen molar-refractivity contribution in [3.63, 3.8) is 0 Å². The van der Waals surface area contributed by atoms with Crippen LogP contribution in [-0.4, -0.2) is 16.7 Å². The normalized spacial score (nSPS) is 12.0. The van der Waals surface area contributed by atoms with Gasteiger partial charge in [0, 0.05) is 19.0 Å². The molecule has 0 aliphatic carbocycles. The molecular weight excluding hydrogens is 302 g/mol. The summed E-state index contributed by atoms with van der Waals surface area (Å²) < 4.78 is 10.5. The molecule has 0 saturated heterocycles. The number of ether oxygens (including phenoxy) is 1. The number of nitrogens with zero attached hydrogens (tertiary/aromatic N) is 2. The van der Waals surface area contributed by atoms with Crippen molar-refractivity contribution in [3.05, 3.63) is 77.9 Å². The van der Waals surface area contributed by atoms with Crippen LogP contribution in [0.15, 0.2) is 65.5 Å². The van der Waals surface area contributed by atoms with Crippen LogP contribution < -0.4 is 10.1 Å². The van der Waals surface area contributed by atoms with Crippen molar-refractivity contribution in [3.8, 4) is 5.75 Å². The second-order valence-electron chi connectivity index (χ2n) is 5.62. The van der Waals surface area contributed by atoms with Crippen LogP contribution in [0.1, 0.15) is 29.9 Å². The predicted molar refractivity (Wildman–Crippen MR) is 91.6 cm³/mol. The van der Waals surface area contributed by atoms with Gasteiger partial charge in [-0.2, -0.15) is 4.98 Å². The van der Waals surface area contributed by atoms with Gasteiger partial charge in [-0.3, -0.25) is 0 Å². The molecule has 2 aromatic carbocycles. The molecule has 1 unspecified atom stereocenters. The van der Waals surface area contributed by atoms with Gasteiger partial charge in [-0.1, -0.05) is 47.6 Å².